The molecule has 0 saturated carbocycles. The van der Waals surface area contributed by atoms with Crippen LogP contribution in [0.25, 0.3) is 10.2 Å². The fourth-order valence-electron chi connectivity index (χ4n) is 4.07. The van der Waals surface area contributed by atoms with E-state index in [1.165, 1.54) is 40.4 Å². The van der Waals surface area contributed by atoms with Crippen LogP contribution >= 0.6 is 34.9 Å². The largest absolute Gasteiger partial charge is 0.469 e. The summed E-state index contributed by atoms with van der Waals surface area (Å²) in [5.74, 6) is 0.836. The number of rotatable bonds is 6. The molecule has 3 heterocycles. The summed E-state index contributed by atoms with van der Waals surface area (Å²) >= 11 is 5.14. The zero-order chi connectivity index (χ0) is 22.8. The van der Waals surface area contributed by atoms with Gasteiger partial charge in [-0.1, -0.05) is 72.4 Å². The van der Waals surface area contributed by atoms with Gasteiger partial charge in [-0.2, -0.15) is 0 Å². The van der Waals surface area contributed by atoms with Gasteiger partial charge in [0, 0.05) is 15.9 Å². The summed E-state index contributed by atoms with van der Waals surface area (Å²) in [6, 6.07) is 21.3. The number of anilines is 1. The number of thiophene rings is 1. The van der Waals surface area contributed by atoms with Gasteiger partial charge in [-0.15, -0.1) is 23.1 Å². The molecule has 0 unspecified atom stereocenters. The van der Waals surface area contributed by atoms with E-state index < -0.39 is 0 Å². The summed E-state index contributed by atoms with van der Waals surface area (Å²) in [4.78, 5) is 23.1. The van der Waals surface area contributed by atoms with Gasteiger partial charge in [-0.25, -0.2) is 9.97 Å². The Labute approximate surface area is 205 Å². The predicted octanol–water partition coefficient (Wildman–Crippen LogP) is 6.05. The van der Waals surface area contributed by atoms with Gasteiger partial charge in [-0.3, -0.25) is 4.79 Å². The number of nitrogens with two attached hydrogens (primary N) is 1. The van der Waals surface area contributed by atoms with E-state index in [9.17, 15) is 4.79 Å². The molecule has 2 atom stereocenters. The molecular weight excluding hydrogens is 470 g/mol. The zero-order valence-corrected chi connectivity index (χ0v) is 20.5. The van der Waals surface area contributed by atoms with Crippen molar-refractivity contribution in [1.29, 1.82) is 0 Å². The van der Waals surface area contributed by atoms with E-state index in [1.54, 1.807) is 11.3 Å². The number of thioether (sulfide) groups is 2. The van der Waals surface area contributed by atoms with Gasteiger partial charge in [0.25, 0.3) is 0 Å². The molecule has 0 fully saturated rings. The number of nitrogen functional groups attached to an aromatic ring is 1. The number of nitrogens with zero attached hydrogens (tertiary/aromatic N) is 2. The van der Waals surface area contributed by atoms with E-state index in [-0.39, 0.29) is 11.2 Å². The minimum atomic E-state index is -0.238. The summed E-state index contributed by atoms with van der Waals surface area (Å²) in [6.45, 7) is 0. The second kappa shape index (κ2) is 9.75. The van der Waals surface area contributed by atoms with Crippen LogP contribution in [0.3, 0.4) is 0 Å². The highest BCUT2D eigenvalue weighted by atomic mass is 32.2. The molecule has 5 nitrogen and oxygen atoms in total. The molecule has 2 N–H and O–H groups in total. The Morgan fingerprint density at radius 1 is 1.09 bits per heavy atom. The van der Waals surface area contributed by atoms with Crippen molar-refractivity contribution in [3.63, 3.8) is 0 Å². The van der Waals surface area contributed by atoms with Crippen LogP contribution in [0, 0.1) is 0 Å². The van der Waals surface area contributed by atoms with Crippen LogP contribution in [0.4, 0.5) is 5.82 Å². The molecule has 0 amide bonds. The molecule has 4 aromatic rings. The van der Waals surface area contributed by atoms with Crippen molar-refractivity contribution in [2.24, 2.45) is 0 Å². The van der Waals surface area contributed by atoms with E-state index in [4.69, 9.17) is 15.5 Å². The predicted molar refractivity (Wildman–Crippen MR) is 138 cm³/mol. The first-order valence-electron chi connectivity index (χ1n) is 10.7. The Hall–Kier alpha value is -2.55. The average molecular weight is 494 g/mol. The fraction of sp³-hybridized carbons (Fsp3) is 0.240. The molecule has 2 aromatic heterocycles. The van der Waals surface area contributed by atoms with Crippen molar-refractivity contribution in [3.8, 4) is 0 Å². The zero-order valence-electron chi connectivity index (χ0n) is 18.1. The van der Waals surface area contributed by atoms with Gasteiger partial charge < -0.3 is 10.5 Å². The molecule has 0 saturated heterocycles. The van der Waals surface area contributed by atoms with Gasteiger partial charge in [0.05, 0.1) is 24.2 Å². The van der Waals surface area contributed by atoms with Crippen LogP contribution < -0.4 is 5.73 Å². The molecule has 1 aliphatic heterocycles. The van der Waals surface area contributed by atoms with E-state index in [0.29, 0.717) is 28.4 Å². The maximum absolute atomic E-state index is 11.4. The minimum absolute atomic E-state index is 0.217. The van der Waals surface area contributed by atoms with E-state index in [2.05, 4.69) is 65.6 Å². The maximum atomic E-state index is 11.4. The Bertz CT molecular complexity index is 1280. The lowest BCUT2D eigenvalue weighted by Gasteiger charge is -2.30. The van der Waals surface area contributed by atoms with Crippen LogP contribution in [0.5, 0.6) is 0 Å². The Kier molecular flexibility index (Phi) is 6.57. The maximum Gasteiger partial charge on any atom is 0.306 e. The van der Waals surface area contributed by atoms with Crippen molar-refractivity contribution < 1.29 is 9.53 Å². The van der Waals surface area contributed by atoms with E-state index in [0.717, 1.165) is 16.6 Å². The lowest BCUT2D eigenvalue weighted by atomic mass is 9.98. The number of aromatic nitrogens is 2. The highest BCUT2D eigenvalue weighted by molar-refractivity contribution is 8.00. The quantitative estimate of drug-likeness (QED) is 0.199. The van der Waals surface area contributed by atoms with Crippen molar-refractivity contribution in [1.82, 2.24) is 9.97 Å². The molecular formula is C25H23N3O2S3. The number of hydrogen-bond acceptors (Lipinski definition) is 8. The number of methoxy groups -OCH3 is 1. The van der Waals surface area contributed by atoms with Crippen LogP contribution in [-0.2, 0) is 16.0 Å². The second-order valence-electron chi connectivity index (χ2n) is 7.72. The number of ether oxygens (including phenoxy) is 1. The van der Waals surface area contributed by atoms with E-state index >= 15 is 0 Å². The van der Waals surface area contributed by atoms with Crippen LogP contribution in [0.1, 0.15) is 38.5 Å². The molecule has 0 spiro atoms. The third-order valence-corrected chi connectivity index (χ3v) is 9.39. The third kappa shape index (κ3) is 4.60. The average Bonchev–Trinajstić information content (AvgIpc) is 3.23. The summed E-state index contributed by atoms with van der Waals surface area (Å²) in [7, 11) is 1.40. The van der Waals surface area contributed by atoms with Crippen molar-refractivity contribution >= 4 is 56.9 Å². The van der Waals surface area contributed by atoms with Gasteiger partial charge in [-0.05, 0) is 23.1 Å². The molecule has 1 aliphatic rings. The van der Waals surface area contributed by atoms with E-state index in [1.807, 2.05) is 11.8 Å². The normalized spacial score (nSPS) is 17.6. The molecule has 0 bridgehead atoms. The van der Waals surface area contributed by atoms with Crippen molar-refractivity contribution in [2.75, 3.05) is 18.6 Å². The molecule has 2 aromatic carbocycles. The first-order valence-corrected chi connectivity index (χ1v) is 13.4. The standard InChI is InChI=1S/C25H23N3O2S3/c1-30-19(29)12-13-31-25-27-23(26)20-17-14-18(15-8-4-2-5-9-15)32-21(16-10-6-3-7-11-16)22(17)33-24(20)28-25/h2-11,18,21H,12-14H2,1H3,(H2,26,27,28)/t18-,21+/m0/s1. The van der Waals surface area contributed by atoms with Crippen molar-refractivity contribution in [2.45, 2.75) is 28.5 Å². The molecule has 0 aliphatic carbocycles. The SMILES string of the molecule is COC(=O)CCSc1nc(N)c2c3c(sc2n1)[C@@H](c1ccccc1)S[C@H](c1ccccc1)C3. The van der Waals surface area contributed by atoms with Crippen LogP contribution in [0.15, 0.2) is 65.8 Å². The molecule has 5 rings (SSSR count). The summed E-state index contributed by atoms with van der Waals surface area (Å²) in [6.07, 6.45) is 1.21. The van der Waals surface area contributed by atoms with Gasteiger partial charge in [0.15, 0.2) is 5.16 Å². The fourth-order valence-corrected chi connectivity index (χ4v) is 7.92. The highest BCUT2D eigenvalue weighted by Crippen LogP contribution is 2.55. The first kappa shape index (κ1) is 22.3. The molecule has 33 heavy (non-hydrogen) atoms. The summed E-state index contributed by atoms with van der Waals surface area (Å²) in [5.41, 5.74) is 10.4. The monoisotopic (exact) mass is 493 g/mol. The summed E-state index contributed by atoms with van der Waals surface area (Å²) < 4.78 is 4.72. The number of fused-ring (bicyclic) bond motifs is 3. The highest BCUT2D eigenvalue weighted by Gasteiger charge is 2.34. The number of carbonyl (C=O) groups is 1. The summed E-state index contributed by atoms with van der Waals surface area (Å²) in [5, 5.41) is 2.13. The second-order valence-corrected chi connectivity index (χ2v) is 11.1. The number of carbonyl (C=O) groups excluding carboxylic acids is 1. The molecule has 8 heteroatoms. The molecule has 168 valence electrons. The molecule has 0 radical (unpaired) electrons. The Morgan fingerprint density at radius 3 is 2.48 bits per heavy atom. The first-order chi connectivity index (χ1) is 16.1. The number of benzene rings is 2. The van der Waals surface area contributed by atoms with Gasteiger partial charge in [0.1, 0.15) is 10.6 Å². The van der Waals surface area contributed by atoms with Gasteiger partial charge in [0.2, 0.25) is 0 Å². The lowest BCUT2D eigenvalue weighted by molar-refractivity contribution is -0.140. The number of hydrogen-bond donors (Lipinski definition) is 1. The lowest BCUT2D eigenvalue weighted by Crippen LogP contribution is -2.12. The Balaban J connectivity index is 1.55. The van der Waals surface area contributed by atoms with Gasteiger partial charge >= 0.3 is 5.97 Å². The Morgan fingerprint density at radius 2 is 1.79 bits per heavy atom. The van der Waals surface area contributed by atoms with Crippen molar-refractivity contribution in [3.05, 3.63) is 82.2 Å². The van der Waals surface area contributed by atoms with Crippen LogP contribution in [0.2, 0.25) is 0 Å². The third-order valence-electron chi connectivity index (χ3n) is 5.66. The number of esters is 1. The van der Waals surface area contributed by atoms with Crippen LogP contribution in [-0.4, -0.2) is 28.8 Å². The topological polar surface area (TPSA) is 78.1 Å². The smallest absolute Gasteiger partial charge is 0.306 e. The minimum Gasteiger partial charge on any atom is -0.469 e.